The van der Waals surface area contributed by atoms with Crippen LogP contribution in [0.25, 0.3) is 0 Å². The maximum atomic E-state index is 10.6. The van der Waals surface area contributed by atoms with E-state index >= 15 is 0 Å². The summed E-state index contributed by atoms with van der Waals surface area (Å²) in [6.07, 6.45) is 37.5. The third-order valence-corrected chi connectivity index (χ3v) is 6.80. The van der Waals surface area contributed by atoms with Crippen molar-refractivity contribution in [3.05, 3.63) is 24.3 Å². The van der Waals surface area contributed by atoms with Crippen LogP contribution in [0.2, 0.25) is 0 Å². The van der Waals surface area contributed by atoms with Gasteiger partial charge in [0, 0.05) is 13.0 Å². The zero-order valence-electron chi connectivity index (χ0n) is 22.7. The molecule has 0 aliphatic carbocycles. The van der Waals surface area contributed by atoms with Crippen LogP contribution in [0.1, 0.15) is 155 Å². The summed E-state index contributed by atoms with van der Waals surface area (Å²) in [4.78, 5) is 10.6. The number of aliphatic hydroxyl groups is 1. The van der Waals surface area contributed by atoms with Crippen LogP contribution in [-0.4, -0.2) is 22.8 Å². The van der Waals surface area contributed by atoms with Crippen LogP contribution in [0.15, 0.2) is 24.3 Å². The van der Waals surface area contributed by atoms with E-state index in [9.17, 15) is 4.79 Å². The molecule has 0 saturated carbocycles. The Hall–Kier alpha value is -1.09. The fourth-order valence-corrected chi connectivity index (χ4v) is 4.45. The lowest BCUT2D eigenvalue weighted by Crippen LogP contribution is -2.01. The fourth-order valence-electron chi connectivity index (χ4n) is 4.45. The average Bonchev–Trinajstić information content (AvgIpc) is 2.82. The minimum atomic E-state index is -0.663. The maximum absolute atomic E-state index is 10.6. The van der Waals surface area contributed by atoms with Crippen LogP contribution in [0.5, 0.6) is 0 Å². The van der Waals surface area contributed by atoms with Gasteiger partial charge in [-0.25, -0.2) is 0 Å². The number of carboxylic acid groups (broad SMARTS) is 1. The molecule has 0 aromatic heterocycles. The number of aliphatic carboxylic acids is 1. The van der Waals surface area contributed by atoms with E-state index in [1.165, 1.54) is 122 Å². The molecule has 0 spiro atoms. The second-order valence-corrected chi connectivity index (χ2v) is 10.3. The monoisotopic (exact) mass is 478 g/mol. The molecule has 0 heterocycles. The van der Waals surface area contributed by atoms with Crippen molar-refractivity contribution in [1.82, 2.24) is 0 Å². The number of carbonyl (C=O) groups is 1. The summed E-state index contributed by atoms with van der Waals surface area (Å²) in [6.45, 7) is 2.54. The van der Waals surface area contributed by atoms with E-state index in [-0.39, 0.29) is 0 Å². The highest BCUT2D eigenvalue weighted by atomic mass is 16.4. The van der Waals surface area contributed by atoms with Crippen molar-refractivity contribution in [2.75, 3.05) is 6.61 Å². The number of aliphatic hydroxyl groups excluding tert-OH is 1. The van der Waals surface area contributed by atoms with Crippen LogP contribution in [0.4, 0.5) is 0 Å². The van der Waals surface area contributed by atoms with Crippen molar-refractivity contribution in [3.8, 4) is 0 Å². The van der Waals surface area contributed by atoms with Crippen molar-refractivity contribution < 1.29 is 15.0 Å². The Morgan fingerprint density at radius 1 is 0.588 bits per heavy atom. The normalized spacial score (nSPS) is 12.8. The van der Waals surface area contributed by atoms with Crippen molar-refractivity contribution >= 4 is 5.97 Å². The first-order chi connectivity index (χ1) is 16.7. The molecule has 34 heavy (non-hydrogen) atoms. The van der Waals surface area contributed by atoms with E-state index in [0.717, 1.165) is 19.3 Å². The highest BCUT2D eigenvalue weighted by molar-refractivity contribution is 5.66. The SMILES string of the molecule is CC(CCCCCCCCCCC=CCC=CCCCCCCCCCCCO)CCC(=O)O. The summed E-state index contributed by atoms with van der Waals surface area (Å²) in [5, 5.41) is 17.5. The number of carboxylic acids is 1. The molecule has 0 radical (unpaired) electrons. The predicted octanol–water partition coefficient (Wildman–Crippen LogP) is 9.78. The summed E-state index contributed by atoms with van der Waals surface area (Å²) in [7, 11) is 0. The molecule has 1 atom stereocenters. The van der Waals surface area contributed by atoms with E-state index in [0.29, 0.717) is 18.9 Å². The molecule has 2 N–H and O–H groups in total. The van der Waals surface area contributed by atoms with Gasteiger partial charge in [0.05, 0.1) is 0 Å². The Morgan fingerprint density at radius 3 is 1.44 bits per heavy atom. The van der Waals surface area contributed by atoms with Crippen LogP contribution < -0.4 is 0 Å². The van der Waals surface area contributed by atoms with Gasteiger partial charge in [0.25, 0.3) is 0 Å². The standard InChI is InChI=1S/C31H58O3/c1-30(27-28-31(33)34)26-24-22-20-18-16-14-12-10-8-6-4-2-3-5-7-9-11-13-15-17-19-21-23-25-29-32/h3-6,30,32H,2,7-29H2,1H3,(H,33,34). The van der Waals surface area contributed by atoms with Crippen LogP contribution in [-0.2, 0) is 4.79 Å². The predicted molar refractivity (Wildman–Crippen MR) is 148 cm³/mol. The highest BCUT2D eigenvalue weighted by Crippen LogP contribution is 2.17. The Morgan fingerprint density at radius 2 is 1.00 bits per heavy atom. The molecule has 3 nitrogen and oxygen atoms in total. The smallest absolute Gasteiger partial charge is 0.303 e. The molecule has 0 fully saturated rings. The molecule has 0 saturated heterocycles. The van der Waals surface area contributed by atoms with E-state index in [4.69, 9.17) is 10.2 Å². The molecule has 0 aliphatic rings. The molecular weight excluding hydrogens is 420 g/mol. The number of hydrogen-bond donors (Lipinski definition) is 2. The summed E-state index contributed by atoms with van der Waals surface area (Å²) in [5.41, 5.74) is 0. The third-order valence-electron chi connectivity index (χ3n) is 6.80. The number of rotatable bonds is 27. The second kappa shape index (κ2) is 28.1. The van der Waals surface area contributed by atoms with Gasteiger partial charge in [-0.05, 0) is 50.9 Å². The topological polar surface area (TPSA) is 57.5 Å². The largest absolute Gasteiger partial charge is 0.481 e. The first-order valence-corrected chi connectivity index (χ1v) is 14.8. The van der Waals surface area contributed by atoms with Gasteiger partial charge in [0.1, 0.15) is 0 Å². The van der Waals surface area contributed by atoms with Crippen molar-refractivity contribution in [1.29, 1.82) is 0 Å². The van der Waals surface area contributed by atoms with Gasteiger partial charge < -0.3 is 10.2 Å². The summed E-state index contributed by atoms with van der Waals surface area (Å²) < 4.78 is 0. The molecule has 200 valence electrons. The van der Waals surface area contributed by atoms with Gasteiger partial charge in [0.2, 0.25) is 0 Å². The molecule has 0 rings (SSSR count). The van der Waals surface area contributed by atoms with Gasteiger partial charge in [-0.3, -0.25) is 4.79 Å². The van der Waals surface area contributed by atoms with Crippen LogP contribution in [0, 0.1) is 5.92 Å². The van der Waals surface area contributed by atoms with E-state index in [1.807, 2.05) is 0 Å². The van der Waals surface area contributed by atoms with Gasteiger partial charge in [-0.1, -0.05) is 128 Å². The zero-order valence-corrected chi connectivity index (χ0v) is 22.7. The molecule has 3 heteroatoms. The Labute approximate surface area is 212 Å². The Balaban J connectivity index is 3.22. The van der Waals surface area contributed by atoms with Crippen molar-refractivity contribution in [3.63, 3.8) is 0 Å². The minimum absolute atomic E-state index is 0.321. The van der Waals surface area contributed by atoms with E-state index in [2.05, 4.69) is 31.2 Å². The number of unbranched alkanes of at least 4 members (excludes halogenated alkanes) is 17. The van der Waals surface area contributed by atoms with Gasteiger partial charge in [0.15, 0.2) is 0 Å². The molecule has 1 unspecified atom stereocenters. The van der Waals surface area contributed by atoms with Crippen LogP contribution >= 0.6 is 0 Å². The van der Waals surface area contributed by atoms with E-state index in [1.54, 1.807) is 0 Å². The Bertz CT molecular complexity index is 469. The molecule has 0 amide bonds. The summed E-state index contributed by atoms with van der Waals surface area (Å²) in [6, 6.07) is 0. The maximum Gasteiger partial charge on any atom is 0.303 e. The molecule has 0 aliphatic heterocycles. The first-order valence-electron chi connectivity index (χ1n) is 14.8. The first kappa shape index (κ1) is 32.9. The summed E-state index contributed by atoms with van der Waals surface area (Å²) in [5.74, 6) is -0.108. The zero-order chi connectivity index (χ0) is 25.0. The van der Waals surface area contributed by atoms with E-state index < -0.39 is 5.97 Å². The lowest BCUT2D eigenvalue weighted by molar-refractivity contribution is -0.137. The quantitative estimate of drug-likeness (QED) is 0.0912. The van der Waals surface area contributed by atoms with Crippen molar-refractivity contribution in [2.45, 2.75) is 155 Å². The number of hydrogen-bond acceptors (Lipinski definition) is 2. The fraction of sp³-hybridized carbons (Fsp3) is 0.839. The number of allylic oxidation sites excluding steroid dienone is 4. The van der Waals surface area contributed by atoms with Gasteiger partial charge in [-0.15, -0.1) is 0 Å². The summed E-state index contributed by atoms with van der Waals surface area (Å²) >= 11 is 0. The third kappa shape index (κ3) is 28.9. The minimum Gasteiger partial charge on any atom is -0.481 e. The molecule has 0 aromatic carbocycles. The average molecular weight is 479 g/mol. The second-order valence-electron chi connectivity index (χ2n) is 10.3. The molecule has 0 bridgehead atoms. The van der Waals surface area contributed by atoms with Crippen molar-refractivity contribution in [2.24, 2.45) is 5.92 Å². The van der Waals surface area contributed by atoms with Gasteiger partial charge in [-0.2, -0.15) is 0 Å². The van der Waals surface area contributed by atoms with Crippen LogP contribution in [0.3, 0.4) is 0 Å². The molecular formula is C31H58O3. The lowest BCUT2D eigenvalue weighted by Gasteiger charge is -2.09. The Kier molecular flexibility index (Phi) is 27.2. The highest BCUT2D eigenvalue weighted by Gasteiger charge is 2.05. The van der Waals surface area contributed by atoms with Gasteiger partial charge >= 0.3 is 5.97 Å². The molecule has 0 aromatic rings. The lowest BCUT2D eigenvalue weighted by atomic mass is 9.97.